The number of fused-ring (bicyclic) bond motifs is 1. The molecule has 1 fully saturated rings. The second-order valence-electron chi connectivity index (χ2n) is 9.39. The molecule has 10 nitrogen and oxygen atoms in total. The summed E-state index contributed by atoms with van der Waals surface area (Å²) in [7, 11) is 0.510. The number of anilines is 1. The molecule has 2 aliphatic rings. The molecule has 0 saturated carbocycles. The highest BCUT2D eigenvalue weighted by Crippen LogP contribution is 2.55. The van der Waals surface area contributed by atoms with Crippen molar-refractivity contribution in [3.63, 3.8) is 0 Å². The Morgan fingerprint density at radius 2 is 2.00 bits per heavy atom. The second kappa shape index (κ2) is 10.7. The number of aliphatic carboxylic acids is 1. The number of benzene rings is 2. The lowest BCUT2D eigenvalue weighted by Crippen LogP contribution is -2.39. The minimum Gasteiger partial charge on any atom is -0.482 e. The maximum absolute atomic E-state index is 13.4. The number of ether oxygens (including phenoxy) is 1. The third-order valence-corrected chi connectivity index (χ3v) is 8.55. The van der Waals surface area contributed by atoms with Crippen molar-refractivity contribution in [2.24, 2.45) is 0 Å². The van der Waals surface area contributed by atoms with Crippen molar-refractivity contribution in [1.82, 2.24) is 9.80 Å². The molecule has 2 aromatic rings. The van der Waals surface area contributed by atoms with Crippen molar-refractivity contribution >= 4 is 28.3 Å². The van der Waals surface area contributed by atoms with Crippen LogP contribution >= 0.6 is 10.8 Å². The number of hydrogen-bond acceptors (Lipinski definition) is 8. The molecule has 2 aliphatic heterocycles. The van der Waals surface area contributed by atoms with E-state index in [4.69, 9.17) is 9.84 Å². The predicted molar refractivity (Wildman–Crippen MR) is 137 cm³/mol. The van der Waals surface area contributed by atoms with Crippen LogP contribution in [-0.4, -0.2) is 87.4 Å². The molecule has 11 heteroatoms. The molecular weight excluding hydrogens is 486 g/mol. The number of hydrogen-bond donors (Lipinski definition) is 4. The smallest absolute Gasteiger partial charge is 0.341 e. The lowest BCUT2D eigenvalue weighted by atomic mass is 10.0. The number of rotatable bonds is 9. The topological polar surface area (TPSA) is 134 Å². The van der Waals surface area contributed by atoms with Gasteiger partial charge in [-0.25, -0.2) is 4.79 Å². The van der Waals surface area contributed by atoms with Gasteiger partial charge in [0.15, 0.2) is 6.61 Å². The number of nitrogens with zero attached hydrogens (tertiary/aromatic N) is 3. The van der Waals surface area contributed by atoms with Gasteiger partial charge in [0.05, 0.1) is 30.0 Å². The summed E-state index contributed by atoms with van der Waals surface area (Å²) in [6.07, 6.45) is 0.409. The van der Waals surface area contributed by atoms with Crippen molar-refractivity contribution in [2.45, 2.75) is 30.7 Å². The van der Waals surface area contributed by atoms with E-state index in [-0.39, 0.29) is 24.1 Å². The number of carbonyl (C=O) groups is 2. The molecular formula is C25H33N3O7S. The van der Waals surface area contributed by atoms with E-state index in [1.54, 1.807) is 37.2 Å². The van der Waals surface area contributed by atoms with Gasteiger partial charge in [0.2, 0.25) is 5.91 Å². The largest absolute Gasteiger partial charge is 0.482 e. The Balaban J connectivity index is 1.54. The Bertz CT molecular complexity index is 1130. The fourth-order valence-corrected chi connectivity index (χ4v) is 6.04. The van der Waals surface area contributed by atoms with Gasteiger partial charge in [-0.15, -0.1) is 10.8 Å². The molecule has 2 aromatic carbocycles. The van der Waals surface area contributed by atoms with Gasteiger partial charge in [-0.1, -0.05) is 24.3 Å². The van der Waals surface area contributed by atoms with Crippen LogP contribution in [-0.2, 0) is 21.8 Å². The van der Waals surface area contributed by atoms with Gasteiger partial charge in [0, 0.05) is 33.7 Å². The Kier molecular flexibility index (Phi) is 7.76. The first-order valence-corrected chi connectivity index (χ1v) is 13.4. The van der Waals surface area contributed by atoms with Crippen LogP contribution in [0.4, 0.5) is 5.69 Å². The van der Waals surface area contributed by atoms with Gasteiger partial charge in [-0.3, -0.25) is 23.1 Å². The van der Waals surface area contributed by atoms with E-state index in [2.05, 4.69) is 4.90 Å². The first kappa shape index (κ1) is 26.2. The summed E-state index contributed by atoms with van der Waals surface area (Å²) in [5.41, 5.74) is 3.13. The predicted octanol–water partition coefficient (Wildman–Crippen LogP) is 2.57. The third-order valence-electron chi connectivity index (χ3n) is 6.78. The van der Waals surface area contributed by atoms with Gasteiger partial charge in [-0.2, -0.15) is 0 Å². The average Bonchev–Trinajstić information content (AvgIpc) is 3.35. The molecule has 0 aliphatic carbocycles. The van der Waals surface area contributed by atoms with E-state index in [9.17, 15) is 23.8 Å². The lowest BCUT2D eigenvalue weighted by molar-refractivity contribution is -0.139. The zero-order valence-corrected chi connectivity index (χ0v) is 21.2. The number of carbonyl (C=O) groups excluding carboxylic acids is 1. The van der Waals surface area contributed by atoms with Crippen LogP contribution in [0.15, 0.2) is 42.5 Å². The molecule has 0 aromatic heterocycles. The molecule has 2 heterocycles. The van der Waals surface area contributed by atoms with Crippen LogP contribution in [0.2, 0.25) is 0 Å². The van der Waals surface area contributed by atoms with Crippen molar-refractivity contribution in [3.8, 4) is 5.75 Å². The quantitative estimate of drug-likeness (QED) is 0.394. The molecule has 196 valence electrons. The normalized spacial score (nSPS) is 20.6. The lowest BCUT2D eigenvalue weighted by Gasteiger charge is -2.35. The van der Waals surface area contributed by atoms with Gasteiger partial charge >= 0.3 is 5.97 Å². The highest BCUT2D eigenvalue weighted by atomic mass is 32.3. The Hall–Kier alpha value is -2.83. The molecule has 0 bridgehead atoms. The number of carboxylic acids is 1. The van der Waals surface area contributed by atoms with Crippen molar-refractivity contribution in [1.29, 1.82) is 0 Å². The highest BCUT2D eigenvalue weighted by Gasteiger charge is 2.32. The first-order chi connectivity index (χ1) is 17.0. The van der Waals surface area contributed by atoms with E-state index in [0.717, 1.165) is 23.2 Å². The summed E-state index contributed by atoms with van der Waals surface area (Å²) in [6.45, 7) is 1.30. The molecule has 4 rings (SSSR count). The van der Waals surface area contributed by atoms with E-state index >= 15 is 0 Å². The summed E-state index contributed by atoms with van der Waals surface area (Å²) >= 11 is 0. The van der Waals surface area contributed by atoms with Crippen LogP contribution in [0, 0.1) is 0 Å². The number of aliphatic hydroxyl groups excluding tert-OH is 1. The van der Waals surface area contributed by atoms with Gasteiger partial charge in [-0.05, 0) is 41.3 Å². The van der Waals surface area contributed by atoms with Crippen LogP contribution in [0.1, 0.15) is 29.2 Å². The maximum atomic E-state index is 13.4. The molecule has 1 amide bonds. The Labute approximate surface area is 212 Å². The van der Waals surface area contributed by atoms with Gasteiger partial charge in [0.25, 0.3) is 0 Å². The van der Waals surface area contributed by atoms with E-state index in [1.807, 2.05) is 24.3 Å². The number of likely N-dealkylation sites (N-methyl/N-ethyl adjacent to an activating group) is 1. The summed E-state index contributed by atoms with van der Waals surface area (Å²) in [5.74, 6) is -0.611. The van der Waals surface area contributed by atoms with Crippen LogP contribution in [0.3, 0.4) is 0 Å². The van der Waals surface area contributed by atoms with Gasteiger partial charge in [0.1, 0.15) is 5.75 Å². The molecule has 1 saturated heterocycles. The fraction of sp³-hybridized carbons (Fsp3) is 0.440. The number of carboxylic acid groups (broad SMARTS) is 1. The van der Waals surface area contributed by atoms with Gasteiger partial charge < -0.3 is 19.8 Å². The number of amides is 1. The Morgan fingerprint density at radius 3 is 2.69 bits per heavy atom. The third kappa shape index (κ3) is 5.93. The number of β-amino-alcohol motifs (C(OH)–C–C–N with tert-alkyl or cyclic N) is 1. The Morgan fingerprint density at radius 1 is 1.22 bits per heavy atom. The fourth-order valence-electron chi connectivity index (χ4n) is 4.70. The standard InChI is InChI=1S/C25H33N3O7S/c1-26(24(30)11-17-6-7-19-16-36(33,34)27(2)22(19)10-17)23(14-28-9-8-20(29)13-28)18-4-3-5-21(12-18)35-15-25(31)32/h3-7,10,12,20,23,29,33-34H,8-9,11,13-16H2,1-2H3,(H,31,32)/t20-,23+/m0/s1. The van der Waals surface area contributed by atoms with E-state index in [0.29, 0.717) is 30.9 Å². The van der Waals surface area contributed by atoms with Crippen molar-refractivity contribution < 1.29 is 33.6 Å². The molecule has 0 radical (unpaired) electrons. The number of likely N-dealkylation sites (tertiary alicyclic amines) is 1. The monoisotopic (exact) mass is 519 g/mol. The van der Waals surface area contributed by atoms with Crippen LogP contribution in [0.25, 0.3) is 0 Å². The summed E-state index contributed by atoms with van der Waals surface area (Å²) in [5, 5.41) is 18.9. The average molecular weight is 520 g/mol. The summed E-state index contributed by atoms with van der Waals surface area (Å²) in [4.78, 5) is 28.1. The molecule has 0 unspecified atom stereocenters. The number of aliphatic hydroxyl groups is 1. The molecule has 4 N–H and O–H groups in total. The minimum absolute atomic E-state index is 0.121. The van der Waals surface area contributed by atoms with Crippen molar-refractivity contribution in [3.05, 3.63) is 59.2 Å². The van der Waals surface area contributed by atoms with Crippen molar-refractivity contribution in [2.75, 3.05) is 44.6 Å². The minimum atomic E-state index is -2.86. The highest BCUT2D eigenvalue weighted by molar-refractivity contribution is 8.25. The SMILES string of the molecule is CN(C(=O)Cc1ccc2c(c1)N(C)S(O)(O)C2)[C@H](CN1CC[C@H](O)C1)c1cccc(OCC(=O)O)c1. The molecule has 2 atom stereocenters. The summed E-state index contributed by atoms with van der Waals surface area (Å²) < 4.78 is 27.3. The van der Waals surface area contributed by atoms with Crippen LogP contribution in [0.5, 0.6) is 5.75 Å². The molecule has 0 spiro atoms. The zero-order chi connectivity index (χ0) is 26.0. The van der Waals surface area contributed by atoms with E-state index < -0.39 is 29.5 Å². The van der Waals surface area contributed by atoms with Crippen LogP contribution < -0.4 is 9.04 Å². The second-order valence-corrected chi connectivity index (χ2v) is 11.5. The molecule has 36 heavy (non-hydrogen) atoms. The first-order valence-electron chi connectivity index (χ1n) is 11.8. The zero-order valence-electron chi connectivity index (χ0n) is 20.4. The summed E-state index contributed by atoms with van der Waals surface area (Å²) in [6, 6.07) is 12.2. The maximum Gasteiger partial charge on any atom is 0.341 e. The van der Waals surface area contributed by atoms with E-state index in [1.165, 1.54) is 4.31 Å².